The predicted octanol–water partition coefficient (Wildman–Crippen LogP) is 2.78. The molecule has 0 aromatic carbocycles. The number of rotatable bonds is 6. The first-order valence-electron chi connectivity index (χ1n) is 10.5. The highest BCUT2D eigenvalue weighted by atomic mass is 16.5. The molecule has 2 N–H and O–H groups in total. The molecule has 3 aromatic rings. The summed E-state index contributed by atoms with van der Waals surface area (Å²) in [4.78, 5) is 30.9. The molecule has 0 saturated carbocycles. The lowest BCUT2D eigenvalue weighted by Crippen LogP contribution is -2.43. The Bertz CT molecular complexity index is 1250. The third kappa shape index (κ3) is 4.85. The van der Waals surface area contributed by atoms with Crippen molar-refractivity contribution in [3.63, 3.8) is 0 Å². The van der Waals surface area contributed by atoms with Crippen LogP contribution in [0.1, 0.15) is 57.0 Å². The number of nitrogens with one attached hydrogen (secondary N) is 2. The van der Waals surface area contributed by atoms with Gasteiger partial charge >= 0.3 is 0 Å². The number of aromatic nitrogens is 3. The molecule has 0 aliphatic rings. The minimum Gasteiger partial charge on any atom is -0.379 e. The number of aryl methyl sites for hydroxylation is 2. The molecule has 0 spiro atoms. The normalized spacial score (nSPS) is 12.1. The van der Waals surface area contributed by atoms with Gasteiger partial charge in [-0.3, -0.25) is 19.4 Å². The molecule has 0 aliphatic heterocycles. The van der Waals surface area contributed by atoms with Crippen LogP contribution in [0.4, 0.5) is 0 Å². The summed E-state index contributed by atoms with van der Waals surface area (Å²) in [5.74, 6) is -0.389. The number of nitrogens with zero attached hydrogens (tertiary/aromatic N) is 3. The van der Waals surface area contributed by atoms with Gasteiger partial charge in [0.2, 0.25) is 0 Å². The minimum atomic E-state index is -0.470. The Morgan fingerprint density at radius 2 is 2.00 bits per heavy atom. The first-order valence-corrected chi connectivity index (χ1v) is 10.5. The van der Waals surface area contributed by atoms with Crippen molar-refractivity contribution in [3.05, 3.63) is 51.4 Å². The first kappa shape index (κ1) is 22.7. The fourth-order valence-electron chi connectivity index (χ4n) is 3.44. The zero-order chi connectivity index (χ0) is 22.9. The molecule has 1 amide bonds. The van der Waals surface area contributed by atoms with Gasteiger partial charge in [0.1, 0.15) is 16.8 Å². The molecule has 166 valence electrons. The molecule has 0 saturated heterocycles. The van der Waals surface area contributed by atoms with Crippen LogP contribution < -0.4 is 16.4 Å². The molecule has 0 fully saturated rings. The Balaban J connectivity index is 2.24. The van der Waals surface area contributed by atoms with Crippen LogP contribution in [0, 0.1) is 12.3 Å². The predicted molar refractivity (Wildman–Crippen MR) is 120 cm³/mol. The average molecular weight is 426 g/mol. The van der Waals surface area contributed by atoms with Gasteiger partial charge in [-0.1, -0.05) is 6.07 Å². The van der Waals surface area contributed by atoms with Crippen LogP contribution in [-0.2, 0) is 11.3 Å². The summed E-state index contributed by atoms with van der Waals surface area (Å²) in [6.07, 6.45) is 2.40. The van der Waals surface area contributed by atoms with Crippen LogP contribution in [0.25, 0.3) is 16.7 Å². The van der Waals surface area contributed by atoms with Crippen LogP contribution in [0.3, 0.4) is 0 Å². The number of pyridine rings is 2. The zero-order valence-corrected chi connectivity index (χ0v) is 19.1. The summed E-state index contributed by atoms with van der Waals surface area (Å²) < 4.78 is 8.76. The van der Waals surface area contributed by atoms with Crippen molar-refractivity contribution in [3.8, 4) is 0 Å². The molecule has 0 atom stereocenters. The smallest absolute Gasteiger partial charge is 0.267 e. The number of carbonyl (C=O) groups excluding carboxylic acids is 1. The third-order valence-electron chi connectivity index (χ3n) is 4.84. The molecular weight excluding hydrogens is 394 g/mol. The molecule has 3 rings (SSSR count). The van der Waals surface area contributed by atoms with E-state index in [0.29, 0.717) is 36.3 Å². The standard InChI is InChI=1S/C23H31N5O3/c1-14(2)31-12-8-11-27-18(24)16(21(29)26-23(4,5)6)13-17-20(27)25-19-15(3)9-7-10-28(19)22(17)30/h7,9-10,13-14,24H,8,11-12H2,1-6H3,(H,26,29). The molecule has 0 radical (unpaired) electrons. The maximum atomic E-state index is 13.3. The Labute approximate surface area is 181 Å². The van der Waals surface area contributed by atoms with E-state index in [9.17, 15) is 9.59 Å². The number of amides is 1. The lowest BCUT2D eigenvalue weighted by molar-refractivity contribution is 0.0748. The summed E-state index contributed by atoms with van der Waals surface area (Å²) in [5, 5.41) is 11.9. The average Bonchev–Trinajstić information content (AvgIpc) is 2.66. The summed E-state index contributed by atoms with van der Waals surface area (Å²) in [7, 11) is 0. The lowest BCUT2D eigenvalue weighted by Gasteiger charge is -2.21. The maximum Gasteiger partial charge on any atom is 0.267 e. The fourth-order valence-corrected chi connectivity index (χ4v) is 3.44. The van der Waals surface area contributed by atoms with Gasteiger partial charge in [0.25, 0.3) is 11.5 Å². The molecule has 0 bridgehead atoms. The summed E-state index contributed by atoms with van der Waals surface area (Å²) in [6.45, 7) is 12.4. The van der Waals surface area contributed by atoms with Gasteiger partial charge in [0.05, 0.1) is 17.1 Å². The van der Waals surface area contributed by atoms with E-state index in [1.807, 2.05) is 47.6 Å². The van der Waals surface area contributed by atoms with E-state index in [-0.39, 0.29) is 28.6 Å². The quantitative estimate of drug-likeness (QED) is 0.468. The Kier molecular flexibility index (Phi) is 6.31. The summed E-state index contributed by atoms with van der Waals surface area (Å²) in [6, 6.07) is 5.17. The first-order chi connectivity index (χ1) is 14.5. The van der Waals surface area contributed by atoms with Crippen molar-refractivity contribution in [2.75, 3.05) is 6.61 Å². The van der Waals surface area contributed by atoms with Crippen LogP contribution in [0.15, 0.2) is 29.2 Å². The highest BCUT2D eigenvalue weighted by molar-refractivity contribution is 5.97. The molecule has 0 unspecified atom stereocenters. The molecule has 8 nitrogen and oxygen atoms in total. The lowest BCUT2D eigenvalue weighted by atomic mass is 10.1. The van der Waals surface area contributed by atoms with E-state index in [1.54, 1.807) is 16.8 Å². The van der Waals surface area contributed by atoms with Gasteiger partial charge in [0.15, 0.2) is 0 Å². The van der Waals surface area contributed by atoms with E-state index in [0.717, 1.165) is 5.56 Å². The summed E-state index contributed by atoms with van der Waals surface area (Å²) in [5.41, 5.74) is 1.25. The number of hydrogen-bond donors (Lipinski definition) is 2. The van der Waals surface area contributed by atoms with Crippen molar-refractivity contribution in [2.45, 2.75) is 66.2 Å². The number of fused-ring (bicyclic) bond motifs is 2. The number of hydrogen-bond acceptors (Lipinski definition) is 5. The van der Waals surface area contributed by atoms with E-state index < -0.39 is 5.54 Å². The molecule has 8 heteroatoms. The van der Waals surface area contributed by atoms with Crippen LogP contribution in [0.5, 0.6) is 0 Å². The van der Waals surface area contributed by atoms with E-state index >= 15 is 0 Å². The van der Waals surface area contributed by atoms with Crippen molar-refractivity contribution in [1.29, 1.82) is 5.41 Å². The highest BCUT2D eigenvalue weighted by Gasteiger charge is 2.21. The van der Waals surface area contributed by atoms with Gasteiger partial charge < -0.3 is 14.6 Å². The van der Waals surface area contributed by atoms with Crippen molar-refractivity contribution in [2.24, 2.45) is 0 Å². The van der Waals surface area contributed by atoms with Crippen molar-refractivity contribution >= 4 is 22.6 Å². The molecule has 31 heavy (non-hydrogen) atoms. The fraction of sp³-hybridized carbons (Fsp3) is 0.478. The monoisotopic (exact) mass is 425 g/mol. The maximum absolute atomic E-state index is 13.3. The molecule has 3 aromatic heterocycles. The third-order valence-corrected chi connectivity index (χ3v) is 4.84. The Morgan fingerprint density at radius 1 is 1.29 bits per heavy atom. The molecule has 0 aliphatic carbocycles. The second kappa shape index (κ2) is 8.63. The SMILES string of the molecule is Cc1cccn2c(=O)c3cc(C(=O)NC(C)(C)C)c(=N)n(CCCOC(C)C)c3nc12. The van der Waals surface area contributed by atoms with Crippen LogP contribution >= 0.6 is 0 Å². The van der Waals surface area contributed by atoms with Gasteiger partial charge in [0, 0.05) is 24.9 Å². The summed E-state index contributed by atoms with van der Waals surface area (Å²) >= 11 is 0. The number of carbonyl (C=O) groups is 1. The van der Waals surface area contributed by atoms with Gasteiger partial charge in [-0.25, -0.2) is 4.98 Å². The Morgan fingerprint density at radius 3 is 2.65 bits per heavy atom. The van der Waals surface area contributed by atoms with Gasteiger partial charge in [-0.05, 0) is 65.7 Å². The van der Waals surface area contributed by atoms with Crippen molar-refractivity contribution < 1.29 is 9.53 Å². The highest BCUT2D eigenvalue weighted by Crippen LogP contribution is 2.14. The van der Waals surface area contributed by atoms with Crippen LogP contribution in [0.2, 0.25) is 0 Å². The second-order valence-electron chi connectivity index (χ2n) is 9.07. The van der Waals surface area contributed by atoms with Crippen molar-refractivity contribution in [1.82, 2.24) is 19.3 Å². The zero-order valence-electron chi connectivity index (χ0n) is 19.1. The van der Waals surface area contributed by atoms with Gasteiger partial charge in [-0.2, -0.15) is 0 Å². The van der Waals surface area contributed by atoms with E-state index in [1.165, 1.54) is 10.5 Å². The van der Waals surface area contributed by atoms with Gasteiger partial charge in [-0.15, -0.1) is 0 Å². The number of ether oxygens (including phenoxy) is 1. The van der Waals surface area contributed by atoms with E-state index in [2.05, 4.69) is 5.32 Å². The largest absolute Gasteiger partial charge is 0.379 e. The molecular formula is C23H31N5O3. The minimum absolute atomic E-state index is 0.0311. The van der Waals surface area contributed by atoms with E-state index in [4.69, 9.17) is 15.1 Å². The topological polar surface area (TPSA) is 101 Å². The Hall–Kier alpha value is -3.00. The molecule has 3 heterocycles. The van der Waals surface area contributed by atoms with Crippen LogP contribution in [-0.4, -0.2) is 38.1 Å². The second-order valence-corrected chi connectivity index (χ2v) is 9.07.